The fourth-order valence-electron chi connectivity index (χ4n) is 1.68. The maximum absolute atomic E-state index is 4.83. The second-order valence-electron chi connectivity index (χ2n) is 3.86. The van der Waals surface area contributed by atoms with Gasteiger partial charge in [0.2, 0.25) is 0 Å². The second kappa shape index (κ2) is 5.22. The molecule has 0 saturated carbocycles. The van der Waals surface area contributed by atoms with Crippen molar-refractivity contribution >= 4 is 5.71 Å². The van der Waals surface area contributed by atoms with E-state index in [1.165, 1.54) is 25.1 Å². The zero-order chi connectivity index (χ0) is 9.68. The van der Waals surface area contributed by atoms with Gasteiger partial charge in [-0.3, -0.25) is 4.90 Å². The lowest BCUT2D eigenvalue weighted by Gasteiger charge is -2.24. The van der Waals surface area contributed by atoms with Gasteiger partial charge in [-0.15, -0.1) is 0 Å². The van der Waals surface area contributed by atoms with Crippen LogP contribution < -0.4 is 0 Å². The summed E-state index contributed by atoms with van der Waals surface area (Å²) in [6, 6.07) is 0.611. The predicted octanol–water partition coefficient (Wildman–Crippen LogP) is 1.88. The van der Waals surface area contributed by atoms with Crippen LogP contribution in [0.25, 0.3) is 0 Å². The van der Waals surface area contributed by atoms with E-state index in [0.29, 0.717) is 6.04 Å². The smallest absolute Gasteiger partial charge is 0.106 e. The number of likely N-dealkylation sites (tertiary alicyclic amines) is 1. The zero-order valence-corrected chi connectivity index (χ0v) is 8.92. The number of rotatable bonds is 2. The van der Waals surface area contributed by atoms with Gasteiger partial charge in [-0.25, -0.2) is 0 Å². The lowest BCUT2D eigenvalue weighted by molar-refractivity contribution is 0.207. The summed E-state index contributed by atoms with van der Waals surface area (Å²) in [5.74, 6) is 0. The van der Waals surface area contributed by atoms with Gasteiger partial charge >= 0.3 is 0 Å². The summed E-state index contributed by atoms with van der Waals surface area (Å²) in [7, 11) is 1.62. The van der Waals surface area contributed by atoms with Crippen molar-refractivity contribution in [2.24, 2.45) is 5.16 Å². The van der Waals surface area contributed by atoms with E-state index in [1.54, 1.807) is 7.11 Å². The van der Waals surface area contributed by atoms with Crippen molar-refractivity contribution in [2.45, 2.75) is 39.2 Å². The average Bonchev–Trinajstić information content (AvgIpc) is 2.30. The molecular formula is C10H20N2O. The molecule has 0 aliphatic carbocycles. The molecule has 1 rings (SSSR count). The SMILES string of the molecule is CO/N=C1\CCCCN(C(C)C)C1. The van der Waals surface area contributed by atoms with Gasteiger partial charge in [0.15, 0.2) is 0 Å². The first-order valence-electron chi connectivity index (χ1n) is 5.07. The van der Waals surface area contributed by atoms with E-state index in [9.17, 15) is 0 Å². The molecule has 0 amide bonds. The lowest BCUT2D eigenvalue weighted by atomic mass is 10.2. The molecule has 3 heteroatoms. The van der Waals surface area contributed by atoms with E-state index in [2.05, 4.69) is 23.9 Å². The van der Waals surface area contributed by atoms with E-state index < -0.39 is 0 Å². The van der Waals surface area contributed by atoms with E-state index >= 15 is 0 Å². The monoisotopic (exact) mass is 184 g/mol. The summed E-state index contributed by atoms with van der Waals surface area (Å²) >= 11 is 0. The van der Waals surface area contributed by atoms with Crippen LogP contribution in [-0.4, -0.2) is 36.9 Å². The van der Waals surface area contributed by atoms with Gasteiger partial charge in [0.25, 0.3) is 0 Å². The Balaban J connectivity index is 2.54. The maximum atomic E-state index is 4.83. The van der Waals surface area contributed by atoms with Crippen LogP contribution in [0.5, 0.6) is 0 Å². The predicted molar refractivity (Wildman–Crippen MR) is 55.0 cm³/mol. The zero-order valence-electron chi connectivity index (χ0n) is 8.92. The van der Waals surface area contributed by atoms with Crippen molar-refractivity contribution in [1.29, 1.82) is 0 Å². The second-order valence-corrected chi connectivity index (χ2v) is 3.86. The standard InChI is InChI=1S/C10H20N2O/c1-9(2)12-7-5-4-6-10(8-12)11-13-3/h9H,4-8H2,1-3H3/b11-10+. The highest BCUT2D eigenvalue weighted by molar-refractivity contribution is 5.86. The minimum Gasteiger partial charge on any atom is -0.399 e. The third-order valence-electron chi connectivity index (χ3n) is 2.50. The summed E-state index contributed by atoms with van der Waals surface area (Å²) in [5.41, 5.74) is 1.19. The molecule has 13 heavy (non-hydrogen) atoms. The molecule has 76 valence electrons. The van der Waals surface area contributed by atoms with Crippen LogP contribution in [0.4, 0.5) is 0 Å². The van der Waals surface area contributed by atoms with E-state index in [-0.39, 0.29) is 0 Å². The van der Waals surface area contributed by atoms with Crippen molar-refractivity contribution in [2.75, 3.05) is 20.2 Å². The van der Waals surface area contributed by atoms with Crippen molar-refractivity contribution in [3.05, 3.63) is 0 Å². The molecule has 1 fully saturated rings. The Bertz CT molecular complexity index is 178. The molecule has 0 aromatic heterocycles. The fraction of sp³-hybridized carbons (Fsp3) is 0.900. The quantitative estimate of drug-likeness (QED) is 0.612. The molecule has 0 unspecified atom stereocenters. The summed E-state index contributed by atoms with van der Waals surface area (Å²) in [6.45, 7) is 6.64. The van der Waals surface area contributed by atoms with E-state index in [1.807, 2.05) is 0 Å². The Morgan fingerprint density at radius 3 is 2.77 bits per heavy atom. The first-order chi connectivity index (χ1) is 6.24. The normalized spacial score (nSPS) is 23.5. The van der Waals surface area contributed by atoms with Crippen LogP contribution >= 0.6 is 0 Å². The van der Waals surface area contributed by atoms with Gasteiger partial charge in [-0.2, -0.15) is 0 Å². The maximum Gasteiger partial charge on any atom is 0.106 e. The molecule has 0 spiro atoms. The minimum absolute atomic E-state index is 0.611. The van der Waals surface area contributed by atoms with Crippen molar-refractivity contribution < 1.29 is 4.84 Å². The molecule has 0 atom stereocenters. The molecule has 1 aliphatic heterocycles. The Morgan fingerprint density at radius 2 is 2.15 bits per heavy atom. The van der Waals surface area contributed by atoms with Gasteiger partial charge in [-0.1, -0.05) is 5.16 Å². The first kappa shape index (κ1) is 10.5. The van der Waals surface area contributed by atoms with Crippen LogP contribution in [0.3, 0.4) is 0 Å². The molecule has 1 heterocycles. The number of nitrogens with zero attached hydrogens (tertiary/aromatic N) is 2. The molecule has 1 aliphatic rings. The molecule has 0 aromatic carbocycles. The Morgan fingerprint density at radius 1 is 1.38 bits per heavy atom. The molecule has 0 radical (unpaired) electrons. The molecule has 3 nitrogen and oxygen atoms in total. The summed E-state index contributed by atoms with van der Waals surface area (Å²) in [5, 5.41) is 4.05. The Kier molecular flexibility index (Phi) is 4.22. The summed E-state index contributed by atoms with van der Waals surface area (Å²) in [4.78, 5) is 7.28. The highest BCUT2D eigenvalue weighted by Crippen LogP contribution is 2.11. The van der Waals surface area contributed by atoms with Gasteiger partial charge in [0.05, 0.1) is 5.71 Å². The third kappa shape index (κ3) is 3.35. The van der Waals surface area contributed by atoms with Gasteiger partial charge in [-0.05, 0) is 39.7 Å². The van der Waals surface area contributed by atoms with E-state index in [4.69, 9.17) is 4.84 Å². The fourth-order valence-corrected chi connectivity index (χ4v) is 1.68. The van der Waals surface area contributed by atoms with Crippen LogP contribution in [0.15, 0.2) is 5.16 Å². The van der Waals surface area contributed by atoms with Gasteiger partial charge in [0.1, 0.15) is 7.11 Å². The van der Waals surface area contributed by atoms with Crippen LogP contribution in [0.1, 0.15) is 33.1 Å². The highest BCUT2D eigenvalue weighted by atomic mass is 16.6. The molecule has 1 saturated heterocycles. The number of hydrogen-bond donors (Lipinski definition) is 0. The van der Waals surface area contributed by atoms with Crippen molar-refractivity contribution in [3.63, 3.8) is 0 Å². The van der Waals surface area contributed by atoms with Crippen LogP contribution in [0.2, 0.25) is 0 Å². The van der Waals surface area contributed by atoms with Crippen LogP contribution in [0, 0.1) is 0 Å². The Hall–Kier alpha value is -0.570. The van der Waals surface area contributed by atoms with Gasteiger partial charge < -0.3 is 4.84 Å². The molecule has 0 N–H and O–H groups in total. The Labute approximate surface area is 80.7 Å². The summed E-state index contributed by atoms with van der Waals surface area (Å²) in [6.07, 6.45) is 3.61. The minimum atomic E-state index is 0.611. The molecule has 0 aromatic rings. The van der Waals surface area contributed by atoms with Crippen LogP contribution in [-0.2, 0) is 4.84 Å². The third-order valence-corrected chi connectivity index (χ3v) is 2.50. The number of oxime groups is 1. The topological polar surface area (TPSA) is 24.8 Å². The first-order valence-corrected chi connectivity index (χ1v) is 5.07. The average molecular weight is 184 g/mol. The van der Waals surface area contributed by atoms with Gasteiger partial charge in [0, 0.05) is 12.6 Å². The lowest BCUT2D eigenvalue weighted by Crippen LogP contribution is -2.34. The number of hydrogen-bond acceptors (Lipinski definition) is 3. The summed E-state index contributed by atoms with van der Waals surface area (Å²) < 4.78 is 0. The van der Waals surface area contributed by atoms with E-state index in [0.717, 1.165) is 13.0 Å². The molecule has 0 bridgehead atoms. The van der Waals surface area contributed by atoms with Crippen molar-refractivity contribution in [3.8, 4) is 0 Å². The largest absolute Gasteiger partial charge is 0.399 e. The highest BCUT2D eigenvalue weighted by Gasteiger charge is 2.16. The van der Waals surface area contributed by atoms with Crippen molar-refractivity contribution in [1.82, 2.24) is 4.90 Å². The molecular weight excluding hydrogens is 164 g/mol.